The minimum atomic E-state index is -4.64. The van der Waals surface area contributed by atoms with Crippen molar-refractivity contribution < 1.29 is 38.0 Å². The Morgan fingerprint density at radius 3 is 2.44 bits per heavy atom. The molecule has 1 amide bonds. The average Bonchev–Trinajstić information content (AvgIpc) is 2.22. The summed E-state index contributed by atoms with van der Waals surface area (Å²) < 4.78 is 40.6. The van der Waals surface area contributed by atoms with Crippen LogP contribution < -0.4 is 5.32 Å². The lowest BCUT2D eigenvalue weighted by Crippen LogP contribution is -2.60. The number of carbonyl (C=O) groups is 1. The molecule has 4 atom stereocenters. The Labute approximate surface area is 100 Å². The zero-order valence-electron chi connectivity index (χ0n) is 9.22. The largest absolute Gasteiger partial charge is 0.397 e. The molecular weight excluding hydrogens is 259 g/mol. The summed E-state index contributed by atoms with van der Waals surface area (Å²) in [5.41, 5.74) is 0. The maximum atomic E-state index is 11.9. The highest BCUT2D eigenvalue weighted by Gasteiger charge is 2.40. The Bertz CT molecular complexity index is 298. The van der Waals surface area contributed by atoms with Crippen LogP contribution in [0, 0.1) is 0 Å². The van der Waals surface area contributed by atoms with Crippen molar-refractivity contribution in [3.63, 3.8) is 0 Å². The Balaban J connectivity index is 2.51. The van der Waals surface area contributed by atoms with Crippen LogP contribution in [-0.2, 0) is 9.53 Å². The van der Waals surface area contributed by atoms with Crippen molar-refractivity contribution in [1.82, 2.24) is 5.32 Å². The van der Waals surface area contributed by atoms with Gasteiger partial charge >= 0.3 is 6.18 Å². The molecule has 0 aromatic rings. The van der Waals surface area contributed by atoms with Crippen LogP contribution in [-0.4, -0.2) is 65.0 Å². The van der Waals surface area contributed by atoms with E-state index in [9.17, 15) is 28.2 Å². The Hall–Kier alpha value is -0.900. The molecule has 18 heavy (non-hydrogen) atoms. The molecule has 1 saturated heterocycles. The average molecular weight is 273 g/mol. The number of aliphatic hydroxyl groups excluding tert-OH is 3. The summed E-state index contributed by atoms with van der Waals surface area (Å²) in [5.74, 6) is -1.32. The highest BCUT2D eigenvalue weighted by molar-refractivity contribution is 5.77. The van der Waals surface area contributed by atoms with Gasteiger partial charge in [-0.1, -0.05) is 0 Å². The lowest BCUT2D eigenvalue weighted by atomic mass is 9.98. The van der Waals surface area contributed by atoms with Gasteiger partial charge in [-0.3, -0.25) is 4.79 Å². The van der Waals surface area contributed by atoms with Gasteiger partial charge < -0.3 is 25.4 Å². The van der Waals surface area contributed by atoms with Crippen LogP contribution in [0.4, 0.5) is 13.2 Å². The van der Waals surface area contributed by atoms with Crippen LogP contribution in [0.1, 0.15) is 6.42 Å². The lowest BCUT2D eigenvalue weighted by Gasteiger charge is -2.37. The van der Waals surface area contributed by atoms with E-state index in [1.54, 1.807) is 0 Å². The fourth-order valence-electron chi connectivity index (χ4n) is 1.61. The highest BCUT2D eigenvalue weighted by atomic mass is 19.4. The molecule has 6 nitrogen and oxygen atoms in total. The molecule has 0 saturated carbocycles. The highest BCUT2D eigenvalue weighted by Crippen LogP contribution is 2.20. The summed E-state index contributed by atoms with van der Waals surface area (Å²) >= 11 is 0. The van der Waals surface area contributed by atoms with Crippen LogP contribution in [0.25, 0.3) is 0 Å². The number of halogens is 3. The van der Waals surface area contributed by atoms with Gasteiger partial charge in [-0.15, -0.1) is 0 Å². The monoisotopic (exact) mass is 273 g/mol. The fourth-order valence-corrected chi connectivity index (χ4v) is 1.61. The Morgan fingerprint density at radius 1 is 1.33 bits per heavy atom. The molecule has 0 unspecified atom stereocenters. The number of nitrogens with one attached hydrogen (secondary N) is 1. The van der Waals surface area contributed by atoms with Crippen LogP contribution in [0.3, 0.4) is 0 Å². The maximum absolute atomic E-state index is 11.9. The van der Waals surface area contributed by atoms with E-state index in [0.717, 1.165) is 0 Å². The van der Waals surface area contributed by atoms with Crippen LogP contribution >= 0.6 is 0 Å². The fraction of sp³-hybridized carbons (Fsp3) is 0.889. The number of hydrogen-bond donors (Lipinski definition) is 4. The molecule has 4 N–H and O–H groups in total. The number of carbonyl (C=O) groups excluding carboxylic acids is 1. The van der Waals surface area contributed by atoms with Crippen LogP contribution in [0.5, 0.6) is 0 Å². The van der Waals surface area contributed by atoms with Gasteiger partial charge in [0.1, 0.15) is 24.7 Å². The van der Waals surface area contributed by atoms with Gasteiger partial charge in [0.25, 0.3) is 0 Å². The smallest absolute Gasteiger partial charge is 0.394 e. The molecule has 0 bridgehead atoms. The second-order valence-electron chi connectivity index (χ2n) is 4.00. The van der Waals surface area contributed by atoms with Crippen molar-refractivity contribution in [3.8, 4) is 0 Å². The van der Waals surface area contributed by atoms with Crippen molar-refractivity contribution in [3.05, 3.63) is 0 Å². The van der Waals surface area contributed by atoms with Crippen molar-refractivity contribution in [2.75, 3.05) is 13.2 Å². The topological polar surface area (TPSA) is 99.0 Å². The lowest BCUT2D eigenvalue weighted by molar-refractivity contribution is -0.171. The second kappa shape index (κ2) is 5.83. The molecule has 1 aliphatic rings. The van der Waals surface area contributed by atoms with Crippen LogP contribution in [0.2, 0.25) is 0 Å². The van der Waals surface area contributed by atoms with E-state index in [2.05, 4.69) is 0 Å². The molecule has 0 spiro atoms. The SMILES string of the molecule is O=C(CC(F)(F)F)N[C@H]1CO[C@H](CO)[C@H](O)[C@@H]1O. The first-order valence-corrected chi connectivity index (χ1v) is 5.19. The van der Waals surface area contributed by atoms with E-state index in [1.165, 1.54) is 0 Å². The molecule has 1 fully saturated rings. The standard InChI is InChI=1S/C9H14F3NO5/c10-9(11,12)1-6(15)13-4-3-18-5(2-14)8(17)7(4)16/h4-5,7-8,14,16-17H,1-3H2,(H,13,15)/t4-,5+,7+,8-/m0/s1. The number of alkyl halides is 3. The third-order valence-electron chi connectivity index (χ3n) is 2.52. The number of rotatable bonds is 3. The third kappa shape index (κ3) is 4.09. The van der Waals surface area contributed by atoms with Gasteiger partial charge in [0.15, 0.2) is 0 Å². The Kier molecular flexibility index (Phi) is 4.91. The van der Waals surface area contributed by atoms with E-state index >= 15 is 0 Å². The molecular formula is C9H14F3NO5. The zero-order chi connectivity index (χ0) is 13.9. The summed E-state index contributed by atoms with van der Waals surface area (Å²) in [6, 6.07) is -1.14. The van der Waals surface area contributed by atoms with Gasteiger partial charge in [-0.05, 0) is 0 Å². The molecule has 106 valence electrons. The molecule has 1 aliphatic heterocycles. The third-order valence-corrected chi connectivity index (χ3v) is 2.52. The number of aliphatic hydroxyl groups is 3. The maximum Gasteiger partial charge on any atom is 0.397 e. The van der Waals surface area contributed by atoms with E-state index in [1.807, 2.05) is 5.32 Å². The first-order valence-electron chi connectivity index (χ1n) is 5.19. The summed E-state index contributed by atoms with van der Waals surface area (Å²) in [6.07, 6.45) is -10.3. The normalized spacial score (nSPS) is 33.2. The zero-order valence-corrected chi connectivity index (χ0v) is 9.22. The first-order chi connectivity index (χ1) is 8.24. The van der Waals surface area contributed by atoms with Gasteiger partial charge in [0.2, 0.25) is 5.91 Å². The molecule has 0 aromatic carbocycles. The number of ether oxygens (including phenoxy) is 1. The molecule has 0 radical (unpaired) electrons. The summed E-state index contributed by atoms with van der Waals surface area (Å²) in [4.78, 5) is 11.0. The van der Waals surface area contributed by atoms with E-state index in [4.69, 9.17) is 9.84 Å². The molecule has 0 aromatic heterocycles. The quantitative estimate of drug-likeness (QED) is 0.503. The van der Waals surface area contributed by atoms with Crippen molar-refractivity contribution in [1.29, 1.82) is 0 Å². The van der Waals surface area contributed by atoms with Gasteiger partial charge in [0, 0.05) is 0 Å². The molecule has 0 aliphatic carbocycles. The first kappa shape index (κ1) is 15.2. The van der Waals surface area contributed by atoms with Crippen molar-refractivity contribution in [2.24, 2.45) is 0 Å². The number of amides is 1. The predicted octanol–water partition coefficient (Wildman–Crippen LogP) is -1.46. The summed E-state index contributed by atoms with van der Waals surface area (Å²) in [5, 5.41) is 29.7. The Morgan fingerprint density at radius 2 is 1.94 bits per heavy atom. The van der Waals surface area contributed by atoms with Crippen LogP contribution in [0.15, 0.2) is 0 Å². The van der Waals surface area contributed by atoms with Crippen molar-refractivity contribution in [2.45, 2.75) is 37.0 Å². The van der Waals surface area contributed by atoms with E-state index in [0.29, 0.717) is 0 Å². The van der Waals surface area contributed by atoms with Gasteiger partial charge in [-0.25, -0.2) is 0 Å². The van der Waals surface area contributed by atoms with Crippen molar-refractivity contribution >= 4 is 5.91 Å². The van der Waals surface area contributed by atoms with Gasteiger partial charge in [0.05, 0.1) is 19.3 Å². The molecule has 1 rings (SSSR count). The van der Waals surface area contributed by atoms with Gasteiger partial charge in [-0.2, -0.15) is 13.2 Å². The number of hydrogen-bond acceptors (Lipinski definition) is 5. The summed E-state index contributed by atoms with van der Waals surface area (Å²) in [7, 11) is 0. The van der Waals surface area contributed by atoms with E-state index in [-0.39, 0.29) is 6.61 Å². The molecule has 1 heterocycles. The predicted molar refractivity (Wildman–Crippen MR) is 51.4 cm³/mol. The minimum Gasteiger partial charge on any atom is -0.394 e. The second-order valence-corrected chi connectivity index (χ2v) is 4.00. The molecule has 9 heteroatoms. The van der Waals surface area contributed by atoms with E-state index < -0.39 is 49.5 Å². The minimum absolute atomic E-state index is 0.285. The summed E-state index contributed by atoms with van der Waals surface area (Å²) in [6.45, 7) is -0.825.